The summed E-state index contributed by atoms with van der Waals surface area (Å²) in [5.41, 5.74) is 5.27. The number of halogens is 3. The largest absolute Gasteiger partial charge is 0.411 e. The monoisotopic (exact) mass is 272 g/mol. The highest BCUT2D eigenvalue weighted by molar-refractivity contribution is 7.80. The van der Waals surface area contributed by atoms with Gasteiger partial charge in [0.05, 0.1) is 11.6 Å². The number of rotatable bonds is 7. The van der Waals surface area contributed by atoms with E-state index >= 15 is 0 Å². The first-order valence-corrected chi connectivity index (χ1v) is 5.33. The van der Waals surface area contributed by atoms with Crippen LogP contribution in [0.15, 0.2) is 0 Å². The number of carbonyl (C=O) groups is 1. The highest BCUT2D eigenvalue weighted by Crippen LogP contribution is 2.14. The second-order valence-electron chi connectivity index (χ2n) is 3.56. The molecule has 0 bridgehead atoms. The number of nitrogens with one attached hydrogen (secondary N) is 1. The molecule has 0 saturated carbocycles. The van der Waals surface area contributed by atoms with E-state index in [-0.39, 0.29) is 24.1 Å². The highest BCUT2D eigenvalue weighted by Gasteiger charge is 2.27. The van der Waals surface area contributed by atoms with E-state index < -0.39 is 18.7 Å². The Labute approximate surface area is 103 Å². The second kappa shape index (κ2) is 7.44. The zero-order valence-corrected chi connectivity index (χ0v) is 10.2. The molecule has 0 heterocycles. The summed E-state index contributed by atoms with van der Waals surface area (Å²) in [5, 5.41) is 2.54. The summed E-state index contributed by atoms with van der Waals surface area (Å²) >= 11 is 4.65. The van der Waals surface area contributed by atoms with Gasteiger partial charge in [-0.15, -0.1) is 0 Å². The molecule has 1 amide bonds. The van der Waals surface area contributed by atoms with Gasteiger partial charge in [0.1, 0.15) is 6.61 Å². The van der Waals surface area contributed by atoms with Crippen LogP contribution < -0.4 is 11.1 Å². The Hall–Kier alpha value is -0.890. The first kappa shape index (κ1) is 16.1. The molecule has 8 heteroatoms. The van der Waals surface area contributed by atoms with Crippen LogP contribution in [0.5, 0.6) is 0 Å². The Bertz CT molecular complexity index is 271. The van der Waals surface area contributed by atoms with Gasteiger partial charge < -0.3 is 15.8 Å². The number of alkyl halides is 3. The van der Waals surface area contributed by atoms with E-state index in [1.54, 1.807) is 6.92 Å². The van der Waals surface area contributed by atoms with Crippen molar-refractivity contribution >= 4 is 23.1 Å². The molecule has 0 aromatic rings. The maximum Gasteiger partial charge on any atom is 0.411 e. The minimum Gasteiger partial charge on any atom is -0.393 e. The van der Waals surface area contributed by atoms with Crippen molar-refractivity contribution in [1.29, 1.82) is 0 Å². The first-order chi connectivity index (χ1) is 7.70. The van der Waals surface area contributed by atoms with Crippen LogP contribution in [0.4, 0.5) is 13.2 Å². The number of hydrogen-bond donors (Lipinski definition) is 2. The highest BCUT2D eigenvalue weighted by atomic mass is 32.1. The van der Waals surface area contributed by atoms with Gasteiger partial charge in [-0.05, 0) is 6.92 Å². The van der Waals surface area contributed by atoms with Crippen molar-refractivity contribution in [2.75, 3.05) is 13.2 Å². The summed E-state index contributed by atoms with van der Waals surface area (Å²) in [4.78, 5) is 11.5. The normalized spacial score (nSPS) is 13.2. The minimum absolute atomic E-state index is 0.127. The molecule has 4 nitrogen and oxygen atoms in total. The molecule has 0 spiro atoms. The summed E-state index contributed by atoms with van der Waals surface area (Å²) in [7, 11) is 0. The third kappa shape index (κ3) is 11.4. The van der Waals surface area contributed by atoms with Gasteiger partial charge in [-0.1, -0.05) is 12.2 Å². The number of hydrogen-bond acceptors (Lipinski definition) is 3. The van der Waals surface area contributed by atoms with Crippen LogP contribution in [0.2, 0.25) is 0 Å². The molecule has 0 fully saturated rings. The molecule has 0 aliphatic heterocycles. The topological polar surface area (TPSA) is 64.3 Å². The van der Waals surface area contributed by atoms with E-state index in [1.165, 1.54) is 0 Å². The SMILES string of the molecule is CC(CC(N)=S)NC(=O)CCOCC(F)(F)F. The molecule has 1 unspecified atom stereocenters. The Balaban J connectivity index is 3.63. The standard InChI is InChI=1S/C9H15F3N2O2S/c1-6(4-7(13)17)14-8(15)2-3-16-5-9(10,11)12/h6H,2-5H2,1H3,(H2,13,17)(H,14,15). The lowest BCUT2D eigenvalue weighted by Gasteiger charge is -2.13. The van der Waals surface area contributed by atoms with Crippen molar-refractivity contribution in [1.82, 2.24) is 5.32 Å². The zero-order valence-electron chi connectivity index (χ0n) is 9.34. The molecule has 0 aliphatic rings. The van der Waals surface area contributed by atoms with Crippen LogP contribution in [0.3, 0.4) is 0 Å². The molecular formula is C9H15F3N2O2S. The number of amides is 1. The molecule has 3 N–H and O–H groups in total. The maximum absolute atomic E-state index is 11.7. The predicted molar refractivity (Wildman–Crippen MR) is 60.5 cm³/mol. The molecule has 0 radical (unpaired) electrons. The van der Waals surface area contributed by atoms with Gasteiger partial charge in [0.2, 0.25) is 5.91 Å². The molecule has 1 atom stereocenters. The number of nitrogens with two attached hydrogens (primary N) is 1. The van der Waals surface area contributed by atoms with E-state index in [2.05, 4.69) is 22.3 Å². The van der Waals surface area contributed by atoms with Gasteiger partial charge in [0, 0.05) is 18.9 Å². The summed E-state index contributed by atoms with van der Waals surface area (Å²) < 4.78 is 39.3. The fourth-order valence-electron chi connectivity index (χ4n) is 1.05. The van der Waals surface area contributed by atoms with E-state index in [0.717, 1.165) is 0 Å². The summed E-state index contributed by atoms with van der Waals surface area (Å²) in [6, 6.07) is -0.234. The zero-order chi connectivity index (χ0) is 13.5. The van der Waals surface area contributed by atoms with Crippen LogP contribution >= 0.6 is 12.2 Å². The molecule has 0 aliphatic carbocycles. The van der Waals surface area contributed by atoms with E-state index in [1.807, 2.05) is 0 Å². The van der Waals surface area contributed by atoms with Crippen molar-refractivity contribution in [3.8, 4) is 0 Å². The molecule has 0 rings (SSSR count). The predicted octanol–water partition coefficient (Wildman–Crippen LogP) is 1.14. The smallest absolute Gasteiger partial charge is 0.393 e. The van der Waals surface area contributed by atoms with Crippen molar-refractivity contribution in [2.24, 2.45) is 5.73 Å². The molecule has 0 aromatic carbocycles. The van der Waals surface area contributed by atoms with E-state index in [0.29, 0.717) is 6.42 Å². The average molecular weight is 272 g/mol. The Morgan fingerprint density at radius 1 is 1.53 bits per heavy atom. The van der Waals surface area contributed by atoms with Crippen molar-refractivity contribution in [3.05, 3.63) is 0 Å². The van der Waals surface area contributed by atoms with Crippen LogP contribution in [0.25, 0.3) is 0 Å². The lowest BCUT2D eigenvalue weighted by atomic mass is 10.2. The molecule has 0 aromatic heterocycles. The third-order valence-corrected chi connectivity index (χ3v) is 1.82. The van der Waals surface area contributed by atoms with Gasteiger partial charge in [0.15, 0.2) is 0 Å². The van der Waals surface area contributed by atoms with Crippen LogP contribution in [-0.2, 0) is 9.53 Å². The quantitative estimate of drug-likeness (QED) is 0.539. The van der Waals surface area contributed by atoms with E-state index in [9.17, 15) is 18.0 Å². The Morgan fingerprint density at radius 3 is 2.59 bits per heavy atom. The van der Waals surface area contributed by atoms with Gasteiger partial charge in [-0.2, -0.15) is 13.2 Å². The summed E-state index contributed by atoms with van der Waals surface area (Å²) in [6.45, 7) is 0.0848. The Morgan fingerprint density at radius 2 is 2.12 bits per heavy atom. The maximum atomic E-state index is 11.7. The fourth-order valence-corrected chi connectivity index (χ4v) is 1.30. The van der Waals surface area contributed by atoms with Gasteiger partial charge in [0.25, 0.3) is 0 Å². The van der Waals surface area contributed by atoms with Gasteiger partial charge >= 0.3 is 6.18 Å². The number of carbonyl (C=O) groups excluding carboxylic acids is 1. The lowest BCUT2D eigenvalue weighted by Crippen LogP contribution is -2.35. The Kier molecular flexibility index (Phi) is 7.05. The molecule has 17 heavy (non-hydrogen) atoms. The average Bonchev–Trinajstić information content (AvgIpc) is 2.09. The fraction of sp³-hybridized carbons (Fsp3) is 0.778. The summed E-state index contributed by atoms with van der Waals surface area (Å²) in [6.07, 6.45) is -4.14. The van der Waals surface area contributed by atoms with Gasteiger partial charge in [-0.3, -0.25) is 4.79 Å². The number of thiocarbonyl (C=S) groups is 1. The van der Waals surface area contributed by atoms with Crippen molar-refractivity contribution in [2.45, 2.75) is 32.0 Å². The van der Waals surface area contributed by atoms with Crippen molar-refractivity contribution < 1.29 is 22.7 Å². The van der Waals surface area contributed by atoms with Crippen LogP contribution in [0, 0.1) is 0 Å². The van der Waals surface area contributed by atoms with Crippen LogP contribution in [-0.4, -0.2) is 36.3 Å². The molecule has 100 valence electrons. The van der Waals surface area contributed by atoms with E-state index in [4.69, 9.17) is 5.73 Å². The van der Waals surface area contributed by atoms with Crippen molar-refractivity contribution in [3.63, 3.8) is 0 Å². The first-order valence-electron chi connectivity index (χ1n) is 4.93. The lowest BCUT2D eigenvalue weighted by molar-refractivity contribution is -0.174. The summed E-state index contributed by atoms with van der Waals surface area (Å²) in [5.74, 6) is -0.393. The molecule has 0 saturated heterocycles. The van der Waals surface area contributed by atoms with Gasteiger partial charge in [-0.25, -0.2) is 0 Å². The van der Waals surface area contributed by atoms with Crippen LogP contribution in [0.1, 0.15) is 19.8 Å². The third-order valence-electron chi connectivity index (χ3n) is 1.65. The molecular weight excluding hydrogens is 257 g/mol. The minimum atomic E-state index is -4.37. The second-order valence-corrected chi connectivity index (χ2v) is 4.08. The number of ether oxygens (including phenoxy) is 1.